The number of piperidine rings is 1. The molecule has 2 heteroatoms. The number of rotatable bonds is 6. The molecule has 0 aromatic carbocycles. The topological polar surface area (TPSA) is 15.3 Å². The monoisotopic (exact) mass is 294 g/mol. The average Bonchev–Trinajstić information content (AvgIpc) is 2.52. The molecule has 1 saturated heterocycles. The molecule has 4 unspecified atom stereocenters. The summed E-state index contributed by atoms with van der Waals surface area (Å²) in [6.07, 6.45) is 9.75. The highest BCUT2D eigenvalue weighted by atomic mass is 15.2. The first-order valence-electron chi connectivity index (χ1n) is 9.63. The lowest BCUT2D eigenvalue weighted by molar-refractivity contribution is 0.0490. The first kappa shape index (κ1) is 17.3. The summed E-state index contributed by atoms with van der Waals surface area (Å²) in [6, 6.07) is 1.54. The summed E-state index contributed by atoms with van der Waals surface area (Å²) >= 11 is 0. The van der Waals surface area contributed by atoms with E-state index in [2.05, 4.69) is 37.9 Å². The minimum absolute atomic E-state index is 0.746. The second kappa shape index (κ2) is 8.53. The molecule has 1 N–H and O–H groups in total. The predicted molar refractivity (Wildman–Crippen MR) is 92.6 cm³/mol. The van der Waals surface area contributed by atoms with Crippen LogP contribution in [0, 0.1) is 17.8 Å². The van der Waals surface area contributed by atoms with Crippen molar-refractivity contribution in [3.63, 3.8) is 0 Å². The molecule has 124 valence electrons. The van der Waals surface area contributed by atoms with Crippen molar-refractivity contribution < 1.29 is 0 Å². The van der Waals surface area contributed by atoms with Crippen LogP contribution in [0.15, 0.2) is 0 Å². The first-order valence-corrected chi connectivity index (χ1v) is 9.63. The Bertz CT molecular complexity index is 289. The van der Waals surface area contributed by atoms with Crippen molar-refractivity contribution in [1.29, 1.82) is 0 Å². The van der Waals surface area contributed by atoms with Gasteiger partial charge in [0.05, 0.1) is 0 Å². The Morgan fingerprint density at radius 1 is 1.14 bits per heavy atom. The number of nitrogens with zero attached hydrogens (tertiary/aromatic N) is 1. The van der Waals surface area contributed by atoms with Gasteiger partial charge in [-0.15, -0.1) is 0 Å². The molecule has 2 aliphatic rings. The van der Waals surface area contributed by atoms with Crippen molar-refractivity contribution in [3.8, 4) is 0 Å². The molecule has 21 heavy (non-hydrogen) atoms. The highest BCUT2D eigenvalue weighted by Crippen LogP contribution is 2.34. The molecule has 0 spiro atoms. The average molecular weight is 295 g/mol. The Balaban J connectivity index is 2.01. The van der Waals surface area contributed by atoms with Crippen molar-refractivity contribution in [1.82, 2.24) is 10.2 Å². The summed E-state index contributed by atoms with van der Waals surface area (Å²) in [4.78, 5) is 2.86. The van der Waals surface area contributed by atoms with Crippen LogP contribution in [0.5, 0.6) is 0 Å². The minimum Gasteiger partial charge on any atom is -0.312 e. The van der Waals surface area contributed by atoms with Gasteiger partial charge in [0, 0.05) is 18.6 Å². The van der Waals surface area contributed by atoms with E-state index in [1.54, 1.807) is 0 Å². The summed E-state index contributed by atoms with van der Waals surface area (Å²) < 4.78 is 0. The summed E-state index contributed by atoms with van der Waals surface area (Å²) in [5, 5.41) is 3.87. The fourth-order valence-corrected chi connectivity index (χ4v) is 4.49. The zero-order valence-corrected chi connectivity index (χ0v) is 14.9. The molecular weight excluding hydrogens is 256 g/mol. The Kier molecular flexibility index (Phi) is 7.01. The quantitative estimate of drug-likeness (QED) is 0.785. The molecule has 0 amide bonds. The predicted octanol–water partition coefficient (Wildman–Crippen LogP) is 4.30. The van der Waals surface area contributed by atoms with Crippen molar-refractivity contribution >= 4 is 0 Å². The molecule has 0 aromatic rings. The second-order valence-corrected chi connectivity index (χ2v) is 7.86. The summed E-state index contributed by atoms with van der Waals surface area (Å²) in [5.41, 5.74) is 0. The van der Waals surface area contributed by atoms with Gasteiger partial charge in [-0.25, -0.2) is 0 Å². The Labute approximate surface area is 133 Å². The lowest BCUT2D eigenvalue weighted by Gasteiger charge is -2.47. The lowest BCUT2D eigenvalue weighted by atomic mass is 9.75. The van der Waals surface area contributed by atoms with Gasteiger partial charge in [0.1, 0.15) is 0 Å². The summed E-state index contributed by atoms with van der Waals surface area (Å²) in [6.45, 7) is 13.4. The zero-order valence-electron chi connectivity index (χ0n) is 14.9. The molecule has 1 saturated carbocycles. The van der Waals surface area contributed by atoms with E-state index in [0.717, 1.165) is 29.8 Å². The van der Waals surface area contributed by atoms with Crippen LogP contribution in [0.25, 0.3) is 0 Å². The summed E-state index contributed by atoms with van der Waals surface area (Å²) in [7, 11) is 0. The molecule has 4 atom stereocenters. The lowest BCUT2D eigenvalue weighted by Crippen LogP contribution is -2.56. The van der Waals surface area contributed by atoms with Crippen LogP contribution in [-0.4, -0.2) is 36.6 Å². The molecule has 0 radical (unpaired) electrons. The van der Waals surface area contributed by atoms with Crippen molar-refractivity contribution in [2.24, 2.45) is 17.8 Å². The number of nitrogens with one attached hydrogen (secondary N) is 1. The van der Waals surface area contributed by atoms with Gasteiger partial charge in [-0.05, 0) is 69.4 Å². The summed E-state index contributed by atoms with van der Waals surface area (Å²) in [5.74, 6) is 2.74. The Hall–Kier alpha value is -0.0800. The van der Waals surface area contributed by atoms with Crippen molar-refractivity contribution in [3.05, 3.63) is 0 Å². The second-order valence-electron chi connectivity index (χ2n) is 7.86. The van der Waals surface area contributed by atoms with E-state index in [-0.39, 0.29) is 0 Å². The first-order chi connectivity index (χ1) is 10.2. The van der Waals surface area contributed by atoms with E-state index in [1.165, 1.54) is 64.6 Å². The maximum Gasteiger partial charge on any atom is 0.0252 e. The molecule has 2 nitrogen and oxygen atoms in total. The highest BCUT2D eigenvalue weighted by Gasteiger charge is 2.36. The van der Waals surface area contributed by atoms with Crippen LogP contribution in [0.3, 0.4) is 0 Å². The van der Waals surface area contributed by atoms with Crippen LogP contribution >= 0.6 is 0 Å². The van der Waals surface area contributed by atoms with Crippen LogP contribution < -0.4 is 5.32 Å². The smallest absolute Gasteiger partial charge is 0.0252 e. The fourth-order valence-electron chi connectivity index (χ4n) is 4.49. The van der Waals surface area contributed by atoms with E-state index in [9.17, 15) is 0 Å². The van der Waals surface area contributed by atoms with Gasteiger partial charge in [0.2, 0.25) is 0 Å². The van der Waals surface area contributed by atoms with Crippen LogP contribution in [0.2, 0.25) is 0 Å². The number of hydrogen-bond donors (Lipinski definition) is 1. The SMILES string of the molecule is CCCNC1CCC(C(C)C)CC1N1CCCC(CC)C1. The fraction of sp³-hybridized carbons (Fsp3) is 1.00. The van der Waals surface area contributed by atoms with Gasteiger partial charge in [-0.2, -0.15) is 0 Å². The van der Waals surface area contributed by atoms with Gasteiger partial charge in [-0.3, -0.25) is 4.90 Å². The zero-order chi connectivity index (χ0) is 15.2. The molecule has 1 aliphatic heterocycles. The number of likely N-dealkylation sites (tertiary alicyclic amines) is 1. The molecule has 2 rings (SSSR count). The van der Waals surface area contributed by atoms with Crippen LogP contribution in [0.4, 0.5) is 0 Å². The molecular formula is C19H38N2. The van der Waals surface area contributed by atoms with E-state index in [4.69, 9.17) is 0 Å². The number of hydrogen-bond acceptors (Lipinski definition) is 2. The normalized spacial score (nSPS) is 35.3. The maximum absolute atomic E-state index is 3.87. The third-order valence-corrected chi connectivity index (χ3v) is 6.05. The van der Waals surface area contributed by atoms with Gasteiger partial charge < -0.3 is 5.32 Å². The maximum atomic E-state index is 3.87. The van der Waals surface area contributed by atoms with Crippen molar-refractivity contribution in [2.75, 3.05) is 19.6 Å². The third kappa shape index (κ3) is 4.69. The van der Waals surface area contributed by atoms with E-state index >= 15 is 0 Å². The third-order valence-electron chi connectivity index (χ3n) is 6.05. The molecule has 1 aliphatic carbocycles. The largest absolute Gasteiger partial charge is 0.312 e. The van der Waals surface area contributed by atoms with Crippen molar-refractivity contribution in [2.45, 2.75) is 84.7 Å². The van der Waals surface area contributed by atoms with E-state index < -0.39 is 0 Å². The van der Waals surface area contributed by atoms with Gasteiger partial charge in [-0.1, -0.05) is 34.1 Å². The molecule has 0 aromatic heterocycles. The van der Waals surface area contributed by atoms with E-state index in [1.807, 2.05) is 0 Å². The molecule has 1 heterocycles. The Morgan fingerprint density at radius 3 is 2.62 bits per heavy atom. The van der Waals surface area contributed by atoms with Gasteiger partial charge >= 0.3 is 0 Å². The van der Waals surface area contributed by atoms with Crippen LogP contribution in [-0.2, 0) is 0 Å². The minimum atomic E-state index is 0.746. The van der Waals surface area contributed by atoms with Gasteiger partial charge in [0.25, 0.3) is 0 Å². The van der Waals surface area contributed by atoms with E-state index in [0.29, 0.717) is 0 Å². The Morgan fingerprint density at radius 2 is 1.95 bits per heavy atom. The highest BCUT2D eigenvalue weighted by molar-refractivity contribution is 4.93. The standard InChI is InChI=1S/C19H38N2/c1-5-11-20-18-10-9-17(15(3)4)13-19(18)21-12-7-8-16(6-2)14-21/h15-20H,5-14H2,1-4H3. The molecule has 0 bridgehead atoms. The van der Waals surface area contributed by atoms with Crippen LogP contribution in [0.1, 0.15) is 72.6 Å². The van der Waals surface area contributed by atoms with Gasteiger partial charge in [0.15, 0.2) is 0 Å². The molecule has 2 fully saturated rings.